The van der Waals surface area contributed by atoms with Crippen LogP contribution in [0.1, 0.15) is 19.8 Å². The smallest absolute Gasteiger partial charge is 0.312 e. The molecule has 0 radical (unpaired) electrons. The molecule has 15 heavy (non-hydrogen) atoms. The van der Waals surface area contributed by atoms with E-state index in [4.69, 9.17) is 0 Å². The first-order valence-corrected chi connectivity index (χ1v) is 5.50. The number of nitrogens with zero attached hydrogens (tertiary/aromatic N) is 1. The molecule has 0 aromatic rings. The van der Waals surface area contributed by atoms with Crippen LogP contribution in [0.5, 0.6) is 0 Å². The summed E-state index contributed by atoms with van der Waals surface area (Å²) in [5.74, 6) is -0.813. The van der Waals surface area contributed by atoms with E-state index in [2.05, 4.69) is 10.6 Å². The minimum atomic E-state index is -0.452. The fourth-order valence-electron chi connectivity index (χ4n) is 2.27. The molecule has 84 valence electrons. The summed E-state index contributed by atoms with van der Waals surface area (Å²) in [4.78, 5) is 24.7. The van der Waals surface area contributed by atoms with Crippen LogP contribution in [0, 0.1) is 0 Å². The summed E-state index contributed by atoms with van der Waals surface area (Å²) in [7, 11) is 0. The number of amides is 2. The van der Waals surface area contributed by atoms with E-state index >= 15 is 0 Å². The van der Waals surface area contributed by atoms with E-state index in [1.54, 1.807) is 4.90 Å². The van der Waals surface area contributed by atoms with Gasteiger partial charge in [0.1, 0.15) is 0 Å². The van der Waals surface area contributed by atoms with Crippen molar-refractivity contribution in [2.75, 3.05) is 19.6 Å². The molecule has 2 amide bonds. The van der Waals surface area contributed by atoms with Crippen LogP contribution in [0.4, 0.5) is 0 Å². The summed E-state index contributed by atoms with van der Waals surface area (Å²) in [5, 5.41) is 5.90. The van der Waals surface area contributed by atoms with Gasteiger partial charge in [-0.3, -0.25) is 9.59 Å². The summed E-state index contributed by atoms with van der Waals surface area (Å²) in [6.45, 7) is 4.45. The second-order valence-corrected chi connectivity index (χ2v) is 4.31. The molecular formula is C10H17N3O2. The van der Waals surface area contributed by atoms with Gasteiger partial charge in [-0.15, -0.1) is 0 Å². The second-order valence-electron chi connectivity index (χ2n) is 4.31. The van der Waals surface area contributed by atoms with E-state index in [1.807, 2.05) is 6.92 Å². The lowest BCUT2D eigenvalue weighted by Crippen LogP contribution is -2.60. The highest BCUT2D eigenvalue weighted by Crippen LogP contribution is 2.14. The van der Waals surface area contributed by atoms with Crippen LogP contribution in [0.15, 0.2) is 0 Å². The van der Waals surface area contributed by atoms with Gasteiger partial charge in [-0.1, -0.05) is 0 Å². The second kappa shape index (κ2) is 4.18. The molecule has 0 aliphatic carbocycles. The standard InChI is InChI=1S/C10H17N3O2/c1-7-6-13(10(15)9(14)12-7)8-2-4-11-5-3-8/h7-8,11H,2-6H2,1H3,(H,12,14). The van der Waals surface area contributed by atoms with Crippen LogP contribution >= 0.6 is 0 Å². The van der Waals surface area contributed by atoms with Gasteiger partial charge in [0, 0.05) is 18.6 Å². The molecule has 2 aliphatic rings. The first-order chi connectivity index (χ1) is 7.18. The van der Waals surface area contributed by atoms with Gasteiger partial charge in [-0.05, 0) is 32.9 Å². The first-order valence-electron chi connectivity index (χ1n) is 5.50. The number of carbonyl (C=O) groups is 2. The highest BCUT2D eigenvalue weighted by atomic mass is 16.2. The minimum absolute atomic E-state index is 0.0742. The molecule has 2 aliphatic heterocycles. The fraction of sp³-hybridized carbons (Fsp3) is 0.800. The number of nitrogens with one attached hydrogen (secondary N) is 2. The monoisotopic (exact) mass is 211 g/mol. The van der Waals surface area contributed by atoms with Crippen molar-refractivity contribution < 1.29 is 9.59 Å². The third-order valence-electron chi connectivity index (χ3n) is 3.05. The average molecular weight is 211 g/mol. The zero-order valence-electron chi connectivity index (χ0n) is 8.95. The average Bonchev–Trinajstić information content (AvgIpc) is 2.24. The molecule has 0 spiro atoms. The fourth-order valence-corrected chi connectivity index (χ4v) is 2.27. The van der Waals surface area contributed by atoms with Gasteiger partial charge >= 0.3 is 11.8 Å². The normalized spacial score (nSPS) is 29.1. The van der Waals surface area contributed by atoms with Gasteiger partial charge in [-0.25, -0.2) is 0 Å². The third kappa shape index (κ3) is 2.12. The summed E-state index contributed by atoms with van der Waals surface area (Å²) >= 11 is 0. The summed E-state index contributed by atoms with van der Waals surface area (Å²) in [6.07, 6.45) is 1.90. The largest absolute Gasteiger partial charge is 0.344 e. The lowest BCUT2D eigenvalue weighted by molar-refractivity contribution is -0.151. The lowest BCUT2D eigenvalue weighted by Gasteiger charge is -2.38. The van der Waals surface area contributed by atoms with Gasteiger partial charge in [0.2, 0.25) is 0 Å². The summed E-state index contributed by atoms with van der Waals surface area (Å²) in [5.41, 5.74) is 0. The number of hydrogen-bond donors (Lipinski definition) is 2. The van der Waals surface area contributed by atoms with E-state index in [1.165, 1.54) is 0 Å². The Bertz CT molecular complexity index is 274. The van der Waals surface area contributed by atoms with E-state index in [0.717, 1.165) is 25.9 Å². The molecule has 2 heterocycles. The Morgan fingerprint density at radius 2 is 1.93 bits per heavy atom. The molecule has 5 nitrogen and oxygen atoms in total. The highest BCUT2D eigenvalue weighted by Gasteiger charge is 2.34. The number of hydrogen-bond acceptors (Lipinski definition) is 3. The molecule has 1 unspecified atom stereocenters. The molecule has 0 bridgehead atoms. The highest BCUT2D eigenvalue weighted by molar-refractivity contribution is 6.35. The zero-order chi connectivity index (χ0) is 10.8. The van der Waals surface area contributed by atoms with Crippen molar-refractivity contribution >= 4 is 11.8 Å². The maximum Gasteiger partial charge on any atom is 0.312 e. The van der Waals surface area contributed by atoms with Gasteiger partial charge in [-0.2, -0.15) is 0 Å². The summed E-state index contributed by atoms with van der Waals surface area (Å²) < 4.78 is 0. The molecule has 2 N–H and O–H groups in total. The van der Waals surface area contributed by atoms with Crippen LogP contribution in [0.2, 0.25) is 0 Å². The Hall–Kier alpha value is -1.10. The maximum absolute atomic E-state index is 11.7. The number of piperidine rings is 1. The predicted octanol–water partition coefficient (Wildman–Crippen LogP) is -0.915. The molecule has 0 aromatic carbocycles. The Balaban J connectivity index is 2.05. The maximum atomic E-state index is 11.7. The summed E-state index contributed by atoms with van der Waals surface area (Å²) in [6, 6.07) is 0.317. The molecule has 2 fully saturated rings. The molecule has 2 rings (SSSR count). The lowest BCUT2D eigenvalue weighted by atomic mass is 10.0. The van der Waals surface area contributed by atoms with Crippen LogP contribution in [0.3, 0.4) is 0 Å². The van der Waals surface area contributed by atoms with Crippen molar-refractivity contribution in [3.8, 4) is 0 Å². The zero-order valence-corrected chi connectivity index (χ0v) is 8.95. The Labute approximate surface area is 89.2 Å². The van der Waals surface area contributed by atoms with E-state index in [-0.39, 0.29) is 18.0 Å². The van der Waals surface area contributed by atoms with Gasteiger partial charge in [0.25, 0.3) is 0 Å². The Morgan fingerprint density at radius 3 is 2.60 bits per heavy atom. The molecule has 5 heteroatoms. The Kier molecular flexibility index (Phi) is 2.90. The molecule has 0 saturated carbocycles. The van der Waals surface area contributed by atoms with Gasteiger partial charge in [0.15, 0.2) is 0 Å². The van der Waals surface area contributed by atoms with Crippen molar-refractivity contribution in [2.24, 2.45) is 0 Å². The molecule has 2 saturated heterocycles. The third-order valence-corrected chi connectivity index (χ3v) is 3.05. The first kappa shape index (κ1) is 10.4. The van der Waals surface area contributed by atoms with Crippen LogP contribution in [-0.4, -0.2) is 48.4 Å². The number of rotatable bonds is 1. The number of piperazine rings is 1. The van der Waals surface area contributed by atoms with Crippen molar-refractivity contribution in [2.45, 2.75) is 31.8 Å². The van der Waals surface area contributed by atoms with Crippen molar-refractivity contribution in [1.29, 1.82) is 0 Å². The quantitative estimate of drug-likeness (QED) is 0.552. The predicted molar refractivity (Wildman–Crippen MR) is 55.2 cm³/mol. The number of carbonyl (C=O) groups excluding carboxylic acids is 2. The molecule has 0 aromatic heterocycles. The van der Waals surface area contributed by atoms with Crippen molar-refractivity contribution in [3.63, 3.8) is 0 Å². The van der Waals surface area contributed by atoms with E-state index < -0.39 is 5.91 Å². The molecular weight excluding hydrogens is 194 g/mol. The van der Waals surface area contributed by atoms with Crippen LogP contribution < -0.4 is 10.6 Å². The van der Waals surface area contributed by atoms with E-state index in [9.17, 15) is 9.59 Å². The molecule has 1 atom stereocenters. The van der Waals surface area contributed by atoms with Crippen molar-refractivity contribution in [1.82, 2.24) is 15.5 Å². The van der Waals surface area contributed by atoms with Crippen LogP contribution in [0.25, 0.3) is 0 Å². The topological polar surface area (TPSA) is 61.4 Å². The SMILES string of the molecule is CC1CN(C2CCNCC2)C(=O)C(=O)N1. The van der Waals surface area contributed by atoms with Gasteiger partial charge in [0.05, 0.1) is 0 Å². The Morgan fingerprint density at radius 1 is 1.27 bits per heavy atom. The van der Waals surface area contributed by atoms with E-state index in [0.29, 0.717) is 6.54 Å². The minimum Gasteiger partial charge on any atom is -0.344 e. The van der Waals surface area contributed by atoms with Crippen molar-refractivity contribution in [3.05, 3.63) is 0 Å². The van der Waals surface area contributed by atoms with Gasteiger partial charge < -0.3 is 15.5 Å². The van der Waals surface area contributed by atoms with Crippen LogP contribution in [-0.2, 0) is 9.59 Å².